The summed E-state index contributed by atoms with van der Waals surface area (Å²) < 4.78 is 1.71. The van der Waals surface area contributed by atoms with Crippen LogP contribution in [0.4, 0.5) is 0 Å². The zero-order chi connectivity index (χ0) is 16.1. The van der Waals surface area contributed by atoms with Crippen molar-refractivity contribution in [2.45, 2.75) is 20.8 Å². The number of rotatable bonds is 5. The monoisotopic (exact) mass is 301 g/mol. The molecule has 0 saturated carbocycles. The maximum Gasteiger partial charge on any atom is 0.253 e. The van der Waals surface area contributed by atoms with Gasteiger partial charge in [-0.15, -0.1) is 0 Å². The summed E-state index contributed by atoms with van der Waals surface area (Å²) in [7, 11) is 0. The van der Waals surface area contributed by atoms with Crippen LogP contribution in [0.25, 0.3) is 5.82 Å². The quantitative estimate of drug-likeness (QED) is 0.853. The molecule has 0 aliphatic heterocycles. The first kappa shape index (κ1) is 15.7. The van der Waals surface area contributed by atoms with Gasteiger partial charge in [-0.3, -0.25) is 9.59 Å². The van der Waals surface area contributed by atoms with Crippen molar-refractivity contribution in [3.05, 3.63) is 41.3 Å². The number of carbonyl (C=O) groups excluding carboxylic acids is 2. The van der Waals surface area contributed by atoms with Crippen LogP contribution in [-0.4, -0.2) is 39.7 Å². The molecule has 7 nitrogen and oxygen atoms in total. The summed E-state index contributed by atoms with van der Waals surface area (Å²) in [5.74, 6) is 0.0904. The molecule has 2 N–H and O–H groups in total. The lowest BCUT2D eigenvalue weighted by Gasteiger charge is -2.07. The number of amides is 2. The Balaban J connectivity index is 2.04. The van der Waals surface area contributed by atoms with Crippen molar-refractivity contribution >= 4 is 11.8 Å². The molecule has 0 unspecified atom stereocenters. The molecule has 2 aromatic rings. The standard InChI is InChI=1S/C15H19N5O2/c1-4-16-14(21)9-18-15(22)12-5-6-13(17-8-12)20-11(3)7-10(2)19-20/h5-8H,4,9H2,1-3H3,(H,16,21)(H,18,22). The van der Waals surface area contributed by atoms with Gasteiger partial charge < -0.3 is 10.6 Å². The van der Waals surface area contributed by atoms with Gasteiger partial charge in [0.1, 0.15) is 0 Å². The fourth-order valence-corrected chi connectivity index (χ4v) is 2.03. The number of hydrogen-bond acceptors (Lipinski definition) is 4. The second-order valence-electron chi connectivity index (χ2n) is 4.88. The molecule has 0 bridgehead atoms. The van der Waals surface area contributed by atoms with Crippen LogP contribution in [0.5, 0.6) is 0 Å². The lowest BCUT2D eigenvalue weighted by molar-refractivity contribution is -0.120. The lowest BCUT2D eigenvalue weighted by atomic mass is 10.2. The molecule has 2 amide bonds. The zero-order valence-electron chi connectivity index (χ0n) is 12.9. The molecule has 2 rings (SSSR count). The van der Waals surface area contributed by atoms with Gasteiger partial charge in [0, 0.05) is 18.4 Å². The maximum atomic E-state index is 11.9. The van der Waals surface area contributed by atoms with E-state index in [4.69, 9.17) is 0 Å². The summed E-state index contributed by atoms with van der Waals surface area (Å²) in [6, 6.07) is 5.33. The number of likely N-dealkylation sites (N-methyl/N-ethyl adjacent to an activating group) is 1. The third-order valence-electron chi connectivity index (χ3n) is 3.02. The van der Waals surface area contributed by atoms with Crippen molar-refractivity contribution in [3.63, 3.8) is 0 Å². The number of carbonyl (C=O) groups is 2. The fourth-order valence-electron chi connectivity index (χ4n) is 2.03. The van der Waals surface area contributed by atoms with E-state index in [1.165, 1.54) is 6.20 Å². The fraction of sp³-hybridized carbons (Fsp3) is 0.333. The molecule has 0 aliphatic rings. The topological polar surface area (TPSA) is 88.9 Å². The van der Waals surface area contributed by atoms with E-state index in [1.54, 1.807) is 16.8 Å². The van der Waals surface area contributed by atoms with Crippen molar-refractivity contribution in [1.29, 1.82) is 0 Å². The summed E-state index contributed by atoms with van der Waals surface area (Å²) in [5.41, 5.74) is 2.27. The Morgan fingerprint density at radius 3 is 2.55 bits per heavy atom. The van der Waals surface area contributed by atoms with Crippen molar-refractivity contribution in [2.75, 3.05) is 13.1 Å². The lowest BCUT2D eigenvalue weighted by Crippen LogP contribution is -2.36. The highest BCUT2D eigenvalue weighted by molar-refractivity contribution is 5.96. The molecule has 0 spiro atoms. The second kappa shape index (κ2) is 6.84. The van der Waals surface area contributed by atoms with Gasteiger partial charge in [-0.1, -0.05) is 0 Å². The van der Waals surface area contributed by atoms with Crippen LogP contribution < -0.4 is 10.6 Å². The van der Waals surface area contributed by atoms with Crippen molar-refractivity contribution in [1.82, 2.24) is 25.4 Å². The van der Waals surface area contributed by atoms with E-state index in [1.807, 2.05) is 26.8 Å². The summed E-state index contributed by atoms with van der Waals surface area (Å²) in [6.07, 6.45) is 1.47. The van der Waals surface area contributed by atoms with E-state index in [9.17, 15) is 9.59 Å². The van der Waals surface area contributed by atoms with Crippen molar-refractivity contribution in [2.24, 2.45) is 0 Å². The van der Waals surface area contributed by atoms with E-state index in [0.717, 1.165) is 11.4 Å². The summed E-state index contributed by atoms with van der Waals surface area (Å²) in [6.45, 7) is 6.15. The highest BCUT2D eigenvalue weighted by Gasteiger charge is 2.10. The second-order valence-corrected chi connectivity index (χ2v) is 4.88. The Morgan fingerprint density at radius 1 is 1.23 bits per heavy atom. The molecule has 2 heterocycles. The Hall–Kier alpha value is -2.70. The van der Waals surface area contributed by atoms with E-state index < -0.39 is 0 Å². The Morgan fingerprint density at radius 2 is 2.00 bits per heavy atom. The Labute approximate surface area is 128 Å². The minimum absolute atomic E-state index is 0.0497. The number of nitrogens with zero attached hydrogens (tertiary/aromatic N) is 3. The van der Waals surface area contributed by atoms with Gasteiger partial charge >= 0.3 is 0 Å². The molecule has 0 radical (unpaired) electrons. The number of nitrogens with one attached hydrogen (secondary N) is 2. The summed E-state index contributed by atoms with van der Waals surface area (Å²) in [5, 5.41) is 9.49. The molecule has 22 heavy (non-hydrogen) atoms. The van der Waals surface area contributed by atoms with Crippen LogP contribution in [-0.2, 0) is 4.79 Å². The van der Waals surface area contributed by atoms with Gasteiger partial charge in [-0.2, -0.15) is 5.10 Å². The third-order valence-corrected chi connectivity index (χ3v) is 3.02. The van der Waals surface area contributed by atoms with Crippen molar-refractivity contribution in [3.8, 4) is 5.82 Å². The molecule has 2 aromatic heterocycles. The predicted octanol–water partition coefficient (Wildman–Crippen LogP) is 0.750. The van der Waals surface area contributed by atoms with Crippen LogP contribution in [0.3, 0.4) is 0 Å². The van der Waals surface area contributed by atoms with Crippen LogP contribution in [0.15, 0.2) is 24.4 Å². The predicted molar refractivity (Wildman–Crippen MR) is 81.8 cm³/mol. The molecule has 0 atom stereocenters. The van der Waals surface area contributed by atoms with E-state index in [2.05, 4.69) is 20.7 Å². The molecule has 0 aliphatic carbocycles. The highest BCUT2D eigenvalue weighted by atomic mass is 16.2. The SMILES string of the molecule is CCNC(=O)CNC(=O)c1ccc(-n2nc(C)cc2C)nc1. The molecule has 0 saturated heterocycles. The third kappa shape index (κ3) is 3.69. The molecule has 7 heteroatoms. The van der Waals surface area contributed by atoms with E-state index >= 15 is 0 Å². The number of hydrogen-bond donors (Lipinski definition) is 2. The van der Waals surface area contributed by atoms with E-state index in [0.29, 0.717) is 17.9 Å². The molecule has 0 fully saturated rings. The normalized spacial score (nSPS) is 10.3. The first-order valence-electron chi connectivity index (χ1n) is 7.06. The van der Waals surface area contributed by atoms with Gasteiger partial charge in [0.25, 0.3) is 5.91 Å². The van der Waals surface area contributed by atoms with Crippen LogP contribution in [0.2, 0.25) is 0 Å². The number of aryl methyl sites for hydroxylation is 2. The minimum Gasteiger partial charge on any atom is -0.355 e. The summed E-state index contributed by atoms with van der Waals surface area (Å²) in [4.78, 5) is 27.5. The molecular weight excluding hydrogens is 282 g/mol. The Bertz CT molecular complexity index is 676. The van der Waals surface area contributed by atoms with Crippen LogP contribution >= 0.6 is 0 Å². The largest absolute Gasteiger partial charge is 0.355 e. The van der Waals surface area contributed by atoms with E-state index in [-0.39, 0.29) is 18.4 Å². The Kier molecular flexibility index (Phi) is 4.88. The van der Waals surface area contributed by atoms with Gasteiger partial charge in [-0.05, 0) is 39.0 Å². The molecule has 0 aromatic carbocycles. The van der Waals surface area contributed by atoms with Gasteiger partial charge in [0.05, 0.1) is 17.8 Å². The van der Waals surface area contributed by atoms with Gasteiger partial charge in [-0.25, -0.2) is 9.67 Å². The first-order chi connectivity index (χ1) is 10.5. The average Bonchev–Trinajstić information content (AvgIpc) is 2.84. The van der Waals surface area contributed by atoms with Crippen molar-refractivity contribution < 1.29 is 9.59 Å². The first-order valence-corrected chi connectivity index (χ1v) is 7.06. The highest BCUT2D eigenvalue weighted by Crippen LogP contribution is 2.10. The smallest absolute Gasteiger partial charge is 0.253 e. The van der Waals surface area contributed by atoms with Crippen LogP contribution in [0, 0.1) is 13.8 Å². The van der Waals surface area contributed by atoms with Gasteiger partial charge in [0.15, 0.2) is 5.82 Å². The van der Waals surface area contributed by atoms with Gasteiger partial charge in [0.2, 0.25) is 5.91 Å². The molecule has 116 valence electrons. The zero-order valence-corrected chi connectivity index (χ0v) is 12.9. The minimum atomic E-state index is -0.335. The summed E-state index contributed by atoms with van der Waals surface area (Å²) >= 11 is 0. The van der Waals surface area contributed by atoms with Crippen LogP contribution in [0.1, 0.15) is 28.7 Å². The number of aromatic nitrogens is 3. The average molecular weight is 301 g/mol. The maximum absolute atomic E-state index is 11.9. The molecular formula is C15H19N5O2. The number of pyridine rings is 1.